The third-order valence-corrected chi connectivity index (χ3v) is 3.55. The molecule has 1 aliphatic rings. The Labute approximate surface area is 107 Å². The second kappa shape index (κ2) is 5.96. The first-order valence-corrected chi connectivity index (χ1v) is 6.37. The molecule has 1 fully saturated rings. The van der Waals surface area contributed by atoms with Gasteiger partial charge in [0.1, 0.15) is 5.82 Å². The van der Waals surface area contributed by atoms with Crippen molar-refractivity contribution in [1.29, 1.82) is 0 Å². The molecule has 2 rings (SSSR count). The van der Waals surface area contributed by atoms with Gasteiger partial charge >= 0.3 is 0 Å². The van der Waals surface area contributed by atoms with Crippen molar-refractivity contribution in [1.82, 2.24) is 9.80 Å². The lowest BCUT2D eigenvalue weighted by atomic mass is 10.1. The summed E-state index contributed by atoms with van der Waals surface area (Å²) in [5.74, 6) is -0.188. The highest BCUT2D eigenvalue weighted by molar-refractivity contribution is 5.47. The lowest BCUT2D eigenvalue weighted by Gasteiger charge is -2.38. The monoisotopic (exact) mass is 250 g/mol. The topological polar surface area (TPSA) is 23.6 Å². The van der Waals surface area contributed by atoms with Gasteiger partial charge in [-0.05, 0) is 31.0 Å². The van der Waals surface area contributed by atoms with Gasteiger partial charge in [-0.25, -0.2) is 4.39 Å². The molecule has 4 heteroatoms. The predicted molar refractivity (Wildman–Crippen MR) is 68.8 cm³/mol. The highest BCUT2D eigenvalue weighted by Gasteiger charge is 2.21. The first-order valence-electron chi connectivity index (χ1n) is 6.37. The van der Waals surface area contributed by atoms with Crippen molar-refractivity contribution in [3.63, 3.8) is 0 Å². The van der Waals surface area contributed by atoms with Crippen LogP contribution in [0.15, 0.2) is 24.3 Å². The van der Waals surface area contributed by atoms with E-state index in [-0.39, 0.29) is 5.82 Å². The lowest BCUT2D eigenvalue weighted by molar-refractivity contribution is -0.120. The number of hydrogen-bond donors (Lipinski definition) is 0. The van der Waals surface area contributed by atoms with E-state index < -0.39 is 0 Å². The number of benzene rings is 1. The van der Waals surface area contributed by atoms with E-state index in [0.29, 0.717) is 6.04 Å². The number of hydrogen-bond acceptors (Lipinski definition) is 2. The minimum absolute atomic E-state index is 0.188. The first kappa shape index (κ1) is 13.0. The van der Waals surface area contributed by atoms with Crippen LogP contribution >= 0.6 is 0 Å². The Balaban J connectivity index is 1.83. The Morgan fingerprint density at radius 1 is 1.33 bits per heavy atom. The smallest absolute Gasteiger partial charge is 0.209 e. The fraction of sp³-hybridized carbons (Fsp3) is 0.500. The molecule has 0 radical (unpaired) electrons. The predicted octanol–water partition coefficient (Wildman–Crippen LogP) is 1.53. The van der Waals surface area contributed by atoms with Crippen molar-refractivity contribution >= 4 is 6.41 Å². The Morgan fingerprint density at radius 3 is 2.67 bits per heavy atom. The van der Waals surface area contributed by atoms with Crippen LogP contribution in [0.1, 0.15) is 12.5 Å². The molecule has 98 valence electrons. The SMILES string of the molecule is C[C@H]1CN(C=O)CCN1CCc1ccc(F)cc1. The summed E-state index contributed by atoms with van der Waals surface area (Å²) < 4.78 is 12.8. The molecule has 1 saturated heterocycles. The molecule has 3 nitrogen and oxygen atoms in total. The van der Waals surface area contributed by atoms with Gasteiger partial charge in [0.2, 0.25) is 6.41 Å². The van der Waals surface area contributed by atoms with Crippen molar-refractivity contribution < 1.29 is 9.18 Å². The largest absolute Gasteiger partial charge is 0.342 e. The van der Waals surface area contributed by atoms with Crippen LogP contribution in [0.2, 0.25) is 0 Å². The average Bonchev–Trinajstić information content (AvgIpc) is 2.39. The van der Waals surface area contributed by atoms with E-state index in [4.69, 9.17) is 0 Å². The molecular weight excluding hydrogens is 231 g/mol. The quantitative estimate of drug-likeness (QED) is 0.757. The van der Waals surface area contributed by atoms with Crippen LogP contribution in [0.3, 0.4) is 0 Å². The van der Waals surface area contributed by atoms with Crippen LogP contribution in [-0.2, 0) is 11.2 Å². The number of carbonyl (C=O) groups excluding carboxylic acids is 1. The minimum atomic E-state index is -0.188. The maximum Gasteiger partial charge on any atom is 0.209 e. The maximum atomic E-state index is 12.8. The molecule has 0 bridgehead atoms. The van der Waals surface area contributed by atoms with E-state index in [1.165, 1.54) is 12.1 Å². The summed E-state index contributed by atoms with van der Waals surface area (Å²) in [5.41, 5.74) is 1.15. The van der Waals surface area contributed by atoms with Crippen LogP contribution in [-0.4, -0.2) is 48.4 Å². The summed E-state index contributed by atoms with van der Waals surface area (Å²) in [4.78, 5) is 14.9. The van der Waals surface area contributed by atoms with E-state index in [0.717, 1.165) is 44.6 Å². The van der Waals surface area contributed by atoms with E-state index in [2.05, 4.69) is 11.8 Å². The summed E-state index contributed by atoms with van der Waals surface area (Å²) >= 11 is 0. The van der Waals surface area contributed by atoms with Gasteiger partial charge in [0.25, 0.3) is 0 Å². The van der Waals surface area contributed by atoms with Crippen molar-refractivity contribution in [2.75, 3.05) is 26.2 Å². The van der Waals surface area contributed by atoms with Gasteiger partial charge in [-0.15, -0.1) is 0 Å². The van der Waals surface area contributed by atoms with Gasteiger partial charge in [0, 0.05) is 32.2 Å². The van der Waals surface area contributed by atoms with Gasteiger partial charge in [0.15, 0.2) is 0 Å². The van der Waals surface area contributed by atoms with E-state index in [1.807, 2.05) is 17.0 Å². The zero-order valence-electron chi connectivity index (χ0n) is 10.7. The molecule has 0 spiro atoms. The van der Waals surface area contributed by atoms with Crippen molar-refractivity contribution in [3.8, 4) is 0 Å². The summed E-state index contributed by atoms with van der Waals surface area (Å²) in [5, 5.41) is 0. The molecule has 1 aromatic rings. The van der Waals surface area contributed by atoms with Crippen molar-refractivity contribution in [3.05, 3.63) is 35.6 Å². The molecule has 1 heterocycles. The number of nitrogens with zero attached hydrogens (tertiary/aromatic N) is 2. The Bertz CT molecular complexity index is 393. The third-order valence-electron chi connectivity index (χ3n) is 3.55. The zero-order chi connectivity index (χ0) is 13.0. The highest BCUT2D eigenvalue weighted by atomic mass is 19.1. The molecular formula is C14H19FN2O. The zero-order valence-corrected chi connectivity index (χ0v) is 10.7. The standard InChI is InChI=1S/C14H19FN2O/c1-12-10-16(11-18)8-9-17(12)7-6-13-2-4-14(15)5-3-13/h2-5,11-12H,6-10H2,1H3/t12-/m0/s1. The number of amides is 1. The van der Waals surface area contributed by atoms with Gasteiger partial charge in [-0.3, -0.25) is 9.69 Å². The minimum Gasteiger partial charge on any atom is -0.342 e. The van der Waals surface area contributed by atoms with E-state index >= 15 is 0 Å². The molecule has 1 atom stereocenters. The second-order valence-electron chi connectivity index (χ2n) is 4.86. The van der Waals surface area contributed by atoms with E-state index in [9.17, 15) is 9.18 Å². The average molecular weight is 250 g/mol. The van der Waals surface area contributed by atoms with Crippen LogP contribution < -0.4 is 0 Å². The van der Waals surface area contributed by atoms with Crippen molar-refractivity contribution in [2.24, 2.45) is 0 Å². The van der Waals surface area contributed by atoms with Crippen LogP contribution in [0, 0.1) is 5.82 Å². The molecule has 1 aromatic carbocycles. The van der Waals surface area contributed by atoms with Gasteiger partial charge < -0.3 is 4.90 Å². The molecule has 18 heavy (non-hydrogen) atoms. The van der Waals surface area contributed by atoms with Gasteiger partial charge in [-0.1, -0.05) is 12.1 Å². The first-order chi connectivity index (χ1) is 8.69. The molecule has 0 aromatic heterocycles. The van der Waals surface area contributed by atoms with E-state index in [1.54, 1.807) is 0 Å². The molecule has 1 amide bonds. The summed E-state index contributed by atoms with van der Waals surface area (Å²) in [6, 6.07) is 7.07. The fourth-order valence-corrected chi connectivity index (χ4v) is 2.38. The summed E-state index contributed by atoms with van der Waals surface area (Å²) in [6.07, 6.45) is 1.85. The summed E-state index contributed by atoms with van der Waals surface area (Å²) in [7, 11) is 0. The Kier molecular flexibility index (Phi) is 4.31. The lowest BCUT2D eigenvalue weighted by Crippen LogP contribution is -2.51. The van der Waals surface area contributed by atoms with Gasteiger partial charge in [0.05, 0.1) is 0 Å². The number of carbonyl (C=O) groups is 1. The third kappa shape index (κ3) is 3.29. The van der Waals surface area contributed by atoms with Gasteiger partial charge in [-0.2, -0.15) is 0 Å². The highest BCUT2D eigenvalue weighted by Crippen LogP contribution is 2.10. The number of piperazine rings is 1. The fourth-order valence-electron chi connectivity index (χ4n) is 2.38. The maximum absolute atomic E-state index is 12.8. The normalized spacial score (nSPS) is 21.0. The van der Waals surface area contributed by atoms with Crippen LogP contribution in [0.5, 0.6) is 0 Å². The van der Waals surface area contributed by atoms with Crippen LogP contribution in [0.25, 0.3) is 0 Å². The second-order valence-corrected chi connectivity index (χ2v) is 4.86. The van der Waals surface area contributed by atoms with Crippen LogP contribution in [0.4, 0.5) is 4.39 Å². The Hall–Kier alpha value is -1.42. The number of rotatable bonds is 4. The van der Waals surface area contributed by atoms with Crippen molar-refractivity contribution in [2.45, 2.75) is 19.4 Å². The number of halogens is 1. The molecule has 0 N–H and O–H groups in total. The molecule has 0 saturated carbocycles. The Morgan fingerprint density at radius 2 is 2.06 bits per heavy atom. The summed E-state index contributed by atoms with van der Waals surface area (Å²) in [6.45, 7) is 5.62. The molecule has 1 aliphatic heterocycles. The molecule has 0 unspecified atom stereocenters. The molecule has 0 aliphatic carbocycles.